The largest absolute Gasteiger partial charge is 0.478 e. The van der Waals surface area contributed by atoms with E-state index >= 15 is 0 Å². The van der Waals surface area contributed by atoms with Gasteiger partial charge in [-0.15, -0.1) is 0 Å². The number of aromatic carboxylic acids is 1. The van der Waals surface area contributed by atoms with Crippen molar-refractivity contribution in [2.24, 2.45) is 5.41 Å². The van der Waals surface area contributed by atoms with Crippen LogP contribution in [0.25, 0.3) is 0 Å². The zero-order valence-electron chi connectivity index (χ0n) is 12.1. The molecule has 4 nitrogen and oxygen atoms in total. The van der Waals surface area contributed by atoms with Crippen LogP contribution in [-0.2, 0) is 0 Å². The van der Waals surface area contributed by atoms with E-state index in [0.29, 0.717) is 5.41 Å². The summed E-state index contributed by atoms with van der Waals surface area (Å²) < 4.78 is 0. The van der Waals surface area contributed by atoms with E-state index < -0.39 is 5.97 Å². The maximum Gasteiger partial charge on any atom is 0.337 e. The minimum atomic E-state index is -0.907. The predicted octanol–water partition coefficient (Wildman–Crippen LogP) is 3.25. The van der Waals surface area contributed by atoms with Gasteiger partial charge >= 0.3 is 5.97 Å². The number of piperidine rings is 1. The fourth-order valence-corrected chi connectivity index (χ4v) is 3.83. The number of hydrogen-bond acceptors (Lipinski definition) is 3. The first-order valence-electron chi connectivity index (χ1n) is 7.55. The quantitative estimate of drug-likeness (QED) is 0.899. The Labute approximate surface area is 119 Å². The van der Waals surface area contributed by atoms with Crippen molar-refractivity contribution in [2.45, 2.75) is 45.4 Å². The standard InChI is InChI=1S/C16H22N2O2/c1-12-10-13(15(19)20)11-17-14(12)18-8-6-16(7-9-18)4-2-3-5-16/h10-11H,2-9H2,1H3,(H,19,20). The third-order valence-corrected chi connectivity index (χ3v) is 5.09. The average Bonchev–Trinajstić information content (AvgIpc) is 2.88. The van der Waals surface area contributed by atoms with Gasteiger partial charge in [0.05, 0.1) is 5.56 Å². The number of anilines is 1. The van der Waals surface area contributed by atoms with Gasteiger partial charge in [0, 0.05) is 19.3 Å². The molecule has 0 unspecified atom stereocenters. The Morgan fingerprint density at radius 3 is 2.45 bits per heavy atom. The van der Waals surface area contributed by atoms with E-state index in [1.54, 1.807) is 6.07 Å². The van der Waals surface area contributed by atoms with Crippen LogP contribution in [0.2, 0.25) is 0 Å². The molecule has 2 heterocycles. The number of carboxylic acids is 1. The van der Waals surface area contributed by atoms with E-state index in [1.165, 1.54) is 44.7 Å². The Morgan fingerprint density at radius 2 is 1.90 bits per heavy atom. The number of aryl methyl sites for hydroxylation is 1. The lowest BCUT2D eigenvalue weighted by Crippen LogP contribution is -2.39. The second-order valence-corrected chi connectivity index (χ2v) is 6.36. The van der Waals surface area contributed by atoms with Crippen molar-refractivity contribution in [3.8, 4) is 0 Å². The summed E-state index contributed by atoms with van der Waals surface area (Å²) in [6.07, 6.45) is 9.57. The molecule has 1 aliphatic heterocycles. The Hall–Kier alpha value is -1.58. The number of hydrogen-bond donors (Lipinski definition) is 1. The van der Waals surface area contributed by atoms with Gasteiger partial charge in [0.25, 0.3) is 0 Å². The molecule has 0 amide bonds. The molecule has 108 valence electrons. The molecule has 1 aromatic heterocycles. The van der Waals surface area contributed by atoms with E-state index in [9.17, 15) is 4.79 Å². The first-order valence-corrected chi connectivity index (χ1v) is 7.55. The zero-order valence-corrected chi connectivity index (χ0v) is 12.1. The minimum Gasteiger partial charge on any atom is -0.478 e. The lowest BCUT2D eigenvalue weighted by molar-refractivity contribution is 0.0696. The Bertz CT molecular complexity index is 511. The smallest absolute Gasteiger partial charge is 0.337 e. The summed E-state index contributed by atoms with van der Waals surface area (Å²) in [4.78, 5) is 17.7. The molecule has 1 N–H and O–H groups in total. The molecule has 1 saturated heterocycles. The average molecular weight is 274 g/mol. The molecule has 0 atom stereocenters. The lowest BCUT2D eigenvalue weighted by Gasteiger charge is -2.40. The molecule has 0 radical (unpaired) electrons. The van der Waals surface area contributed by atoms with Gasteiger partial charge in [-0.1, -0.05) is 12.8 Å². The molecule has 1 aromatic rings. The number of carbonyl (C=O) groups is 1. The molecule has 0 bridgehead atoms. The highest BCUT2D eigenvalue weighted by atomic mass is 16.4. The van der Waals surface area contributed by atoms with Crippen LogP contribution in [0.15, 0.2) is 12.3 Å². The first-order chi connectivity index (χ1) is 9.60. The monoisotopic (exact) mass is 274 g/mol. The van der Waals surface area contributed by atoms with E-state index in [2.05, 4.69) is 9.88 Å². The molecule has 1 spiro atoms. The second kappa shape index (κ2) is 5.08. The molecular formula is C16H22N2O2. The lowest BCUT2D eigenvalue weighted by atomic mass is 9.77. The number of nitrogens with zero attached hydrogens (tertiary/aromatic N) is 2. The molecule has 2 fully saturated rings. The van der Waals surface area contributed by atoms with Crippen LogP contribution in [-0.4, -0.2) is 29.1 Å². The highest BCUT2D eigenvalue weighted by Gasteiger charge is 2.37. The van der Waals surface area contributed by atoms with Crippen LogP contribution < -0.4 is 4.90 Å². The zero-order chi connectivity index (χ0) is 14.2. The van der Waals surface area contributed by atoms with Crippen molar-refractivity contribution in [2.75, 3.05) is 18.0 Å². The minimum absolute atomic E-state index is 0.274. The van der Waals surface area contributed by atoms with Gasteiger partial charge in [-0.25, -0.2) is 9.78 Å². The summed E-state index contributed by atoms with van der Waals surface area (Å²) in [6, 6.07) is 1.73. The highest BCUT2D eigenvalue weighted by Crippen LogP contribution is 2.46. The van der Waals surface area contributed by atoms with Crippen LogP contribution in [0.3, 0.4) is 0 Å². The van der Waals surface area contributed by atoms with Crippen LogP contribution in [0, 0.1) is 12.3 Å². The van der Waals surface area contributed by atoms with Crippen molar-refractivity contribution in [1.29, 1.82) is 0 Å². The maximum absolute atomic E-state index is 11.0. The van der Waals surface area contributed by atoms with Crippen LogP contribution in [0.4, 0.5) is 5.82 Å². The number of rotatable bonds is 2. The van der Waals surface area contributed by atoms with Crippen molar-refractivity contribution in [1.82, 2.24) is 4.98 Å². The predicted molar refractivity (Wildman–Crippen MR) is 78.3 cm³/mol. The number of pyridine rings is 1. The number of aromatic nitrogens is 1. The maximum atomic E-state index is 11.0. The van der Waals surface area contributed by atoms with Gasteiger partial charge in [-0.3, -0.25) is 0 Å². The van der Waals surface area contributed by atoms with E-state index in [1.807, 2.05) is 6.92 Å². The molecule has 1 saturated carbocycles. The van der Waals surface area contributed by atoms with Crippen molar-refractivity contribution in [3.05, 3.63) is 23.4 Å². The van der Waals surface area contributed by atoms with Gasteiger partial charge in [0.1, 0.15) is 5.82 Å². The Morgan fingerprint density at radius 1 is 1.25 bits per heavy atom. The molecular weight excluding hydrogens is 252 g/mol. The molecule has 20 heavy (non-hydrogen) atoms. The van der Waals surface area contributed by atoms with Gasteiger partial charge in [-0.2, -0.15) is 0 Å². The van der Waals surface area contributed by atoms with E-state index in [4.69, 9.17) is 5.11 Å². The Balaban J connectivity index is 1.73. The van der Waals surface area contributed by atoms with E-state index in [-0.39, 0.29) is 5.56 Å². The van der Waals surface area contributed by atoms with Gasteiger partial charge in [0.15, 0.2) is 0 Å². The molecule has 4 heteroatoms. The van der Waals surface area contributed by atoms with Gasteiger partial charge in [-0.05, 0) is 49.7 Å². The molecule has 1 aliphatic carbocycles. The summed E-state index contributed by atoms with van der Waals surface area (Å²) in [5, 5.41) is 9.00. The van der Waals surface area contributed by atoms with Gasteiger partial charge in [0.2, 0.25) is 0 Å². The topological polar surface area (TPSA) is 53.4 Å². The number of carboxylic acid groups (broad SMARTS) is 1. The summed E-state index contributed by atoms with van der Waals surface area (Å²) in [5.41, 5.74) is 1.84. The molecule has 3 rings (SSSR count). The summed E-state index contributed by atoms with van der Waals surface area (Å²) in [7, 11) is 0. The van der Waals surface area contributed by atoms with Crippen molar-refractivity contribution >= 4 is 11.8 Å². The summed E-state index contributed by atoms with van der Waals surface area (Å²) in [6.45, 7) is 4.06. The van der Waals surface area contributed by atoms with E-state index in [0.717, 1.165) is 24.5 Å². The molecule has 2 aliphatic rings. The highest BCUT2D eigenvalue weighted by molar-refractivity contribution is 5.87. The summed E-state index contributed by atoms with van der Waals surface area (Å²) in [5.74, 6) is 0.0542. The van der Waals surface area contributed by atoms with Crippen LogP contribution in [0.1, 0.15) is 54.4 Å². The fraction of sp³-hybridized carbons (Fsp3) is 0.625. The third-order valence-electron chi connectivity index (χ3n) is 5.09. The Kier molecular flexibility index (Phi) is 3.40. The normalized spacial score (nSPS) is 21.4. The summed E-state index contributed by atoms with van der Waals surface area (Å²) >= 11 is 0. The fourth-order valence-electron chi connectivity index (χ4n) is 3.83. The van der Waals surface area contributed by atoms with Gasteiger partial charge < -0.3 is 10.0 Å². The van der Waals surface area contributed by atoms with Crippen molar-refractivity contribution < 1.29 is 9.90 Å². The third kappa shape index (κ3) is 2.39. The first kappa shape index (κ1) is 13.4. The van der Waals surface area contributed by atoms with Crippen molar-refractivity contribution in [3.63, 3.8) is 0 Å². The second-order valence-electron chi connectivity index (χ2n) is 6.36. The molecule has 0 aromatic carbocycles. The van der Waals surface area contributed by atoms with Crippen LogP contribution in [0.5, 0.6) is 0 Å². The van der Waals surface area contributed by atoms with Crippen LogP contribution >= 0.6 is 0 Å². The SMILES string of the molecule is Cc1cc(C(=O)O)cnc1N1CCC2(CCCC2)CC1.